The van der Waals surface area contributed by atoms with E-state index in [1.807, 2.05) is 31.2 Å². The molecule has 0 radical (unpaired) electrons. The fourth-order valence-electron chi connectivity index (χ4n) is 1.29. The zero-order chi connectivity index (χ0) is 10.6. The molecule has 2 N–H and O–H groups in total. The molecule has 0 amide bonds. The molecule has 0 aromatic heterocycles. The molecule has 0 bridgehead atoms. The Morgan fingerprint density at radius 1 is 1.43 bits per heavy atom. The van der Waals surface area contributed by atoms with Gasteiger partial charge in [-0.2, -0.15) is 0 Å². The number of carbonyl (C=O) groups is 1. The van der Waals surface area contributed by atoms with E-state index in [1.165, 1.54) is 0 Å². The monoisotopic (exact) mass is 194 g/mol. The first-order valence-electron chi connectivity index (χ1n) is 4.62. The van der Waals surface area contributed by atoms with Crippen molar-refractivity contribution in [1.82, 2.24) is 0 Å². The van der Waals surface area contributed by atoms with Gasteiger partial charge in [0.15, 0.2) is 6.10 Å². The van der Waals surface area contributed by atoms with Crippen molar-refractivity contribution >= 4 is 5.97 Å². The summed E-state index contributed by atoms with van der Waals surface area (Å²) in [4.78, 5) is 10.4. The van der Waals surface area contributed by atoms with Gasteiger partial charge in [-0.15, -0.1) is 0 Å². The van der Waals surface area contributed by atoms with Gasteiger partial charge in [-0.25, -0.2) is 4.79 Å². The molecule has 3 nitrogen and oxygen atoms in total. The van der Waals surface area contributed by atoms with Gasteiger partial charge in [-0.05, 0) is 17.5 Å². The molecule has 1 rings (SSSR count). The summed E-state index contributed by atoms with van der Waals surface area (Å²) < 4.78 is 0. The second-order valence-electron chi connectivity index (χ2n) is 3.23. The Labute approximate surface area is 83.0 Å². The molecular formula is C11H14O3. The number of carboxylic acid groups (broad SMARTS) is 1. The Hall–Kier alpha value is -1.35. The lowest BCUT2D eigenvalue weighted by Gasteiger charge is -2.06. The summed E-state index contributed by atoms with van der Waals surface area (Å²) in [7, 11) is 0. The molecule has 76 valence electrons. The van der Waals surface area contributed by atoms with Crippen LogP contribution in [0.4, 0.5) is 0 Å². The van der Waals surface area contributed by atoms with Crippen molar-refractivity contribution in [3.8, 4) is 0 Å². The fraction of sp³-hybridized carbons (Fsp3) is 0.364. The Balaban J connectivity index is 2.71. The first kappa shape index (κ1) is 10.7. The summed E-state index contributed by atoms with van der Waals surface area (Å²) >= 11 is 0. The minimum absolute atomic E-state index is 0.170. The summed E-state index contributed by atoms with van der Waals surface area (Å²) in [5.74, 6) is -1.17. The molecule has 0 spiro atoms. The molecule has 0 saturated heterocycles. The highest BCUT2D eigenvalue weighted by atomic mass is 16.4. The maximum absolute atomic E-state index is 10.4. The molecule has 1 unspecified atom stereocenters. The normalized spacial score (nSPS) is 12.4. The molecule has 0 aliphatic rings. The van der Waals surface area contributed by atoms with E-state index in [4.69, 9.17) is 10.2 Å². The number of hydrogen-bond donors (Lipinski definition) is 2. The van der Waals surface area contributed by atoms with Crippen molar-refractivity contribution in [1.29, 1.82) is 0 Å². The maximum atomic E-state index is 10.4. The lowest BCUT2D eigenvalue weighted by Crippen LogP contribution is -2.21. The average molecular weight is 194 g/mol. The number of aliphatic hydroxyl groups is 1. The van der Waals surface area contributed by atoms with Crippen LogP contribution in [0.15, 0.2) is 24.3 Å². The van der Waals surface area contributed by atoms with Crippen LogP contribution in [-0.4, -0.2) is 22.3 Å². The van der Waals surface area contributed by atoms with E-state index >= 15 is 0 Å². The van der Waals surface area contributed by atoms with Gasteiger partial charge in [0.1, 0.15) is 0 Å². The highest BCUT2D eigenvalue weighted by Gasteiger charge is 2.13. The number of aryl methyl sites for hydroxylation is 1. The third-order valence-corrected chi connectivity index (χ3v) is 2.11. The van der Waals surface area contributed by atoms with Crippen LogP contribution in [0.3, 0.4) is 0 Å². The molecule has 0 fully saturated rings. The Morgan fingerprint density at radius 3 is 2.64 bits per heavy atom. The fourth-order valence-corrected chi connectivity index (χ4v) is 1.29. The van der Waals surface area contributed by atoms with Gasteiger partial charge in [0.05, 0.1) is 0 Å². The second-order valence-corrected chi connectivity index (χ2v) is 3.23. The van der Waals surface area contributed by atoms with Gasteiger partial charge in [0.25, 0.3) is 0 Å². The zero-order valence-corrected chi connectivity index (χ0v) is 8.10. The van der Waals surface area contributed by atoms with E-state index in [9.17, 15) is 4.79 Å². The van der Waals surface area contributed by atoms with Crippen molar-refractivity contribution in [2.75, 3.05) is 0 Å². The molecule has 0 saturated carbocycles. The van der Waals surface area contributed by atoms with Crippen LogP contribution in [0.2, 0.25) is 0 Å². The van der Waals surface area contributed by atoms with Crippen LogP contribution in [0, 0.1) is 0 Å². The van der Waals surface area contributed by atoms with E-state index in [2.05, 4.69) is 0 Å². The minimum atomic E-state index is -1.30. The Morgan fingerprint density at radius 2 is 2.07 bits per heavy atom. The quantitative estimate of drug-likeness (QED) is 0.758. The third kappa shape index (κ3) is 2.85. The highest BCUT2D eigenvalue weighted by Crippen LogP contribution is 2.08. The van der Waals surface area contributed by atoms with Crippen molar-refractivity contribution in [3.63, 3.8) is 0 Å². The van der Waals surface area contributed by atoms with Crippen LogP contribution in [0.5, 0.6) is 0 Å². The van der Waals surface area contributed by atoms with E-state index < -0.39 is 12.1 Å². The average Bonchev–Trinajstić information content (AvgIpc) is 2.18. The largest absolute Gasteiger partial charge is 0.479 e. The molecule has 0 aliphatic heterocycles. The summed E-state index contributed by atoms with van der Waals surface area (Å²) in [5, 5.41) is 17.7. The molecule has 3 heteroatoms. The lowest BCUT2D eigenvalue weighted by molar-refractivity contribution is -0.146. The first-order valence-corrected chi connectivity index (χ1v) is 4.62. The molecule has 1 aromatic carbocycles. The third-order valence-electron chi connectivity index (χ3n) is 2.11. The summed E-state index contributed by atoms with van der Waals surface area (Å²) in [5.41, 5.74) is 2.01. The van der Waals surface area contributed by atoms with Gasteiger partial charge >= 0.3 is 5.97 Å². The van der Waals surface area contributed by atoms with Gasteiger partial charge in [0, 0.05) is 6.42 Å². The Kier molecular flexibility index (Phi) is 3.65. The van der Waals surface area contributed by atoms with Crippen LogP contribution in [0.1, 0.15) is 18.1 Å². The molecule has 1 aromatic rings. The van der Waals surface area contributed by atoms with E-state index in [0.717, 1.165) is 17.5 Å². The van der Waals surface area contributed by atoms with E-state index in [0.29, 0.717) is 0 Å². The minimum Gasteiger partial charge on any atom is -0.479 e. The molecule has 14 heavy (non-hydrogen) atoms. The predicted octanol–water partition coefficient (Wildman–Crippen LogP) is 1.24. The maximum Gasteiger partial charge on any atom is 0.332 e. The predicted molar refractivity (Wildman–Crippen MR) is 53.2 cm³/mol. The first-order chi connectivity index (χ1) is 6.63. The Bertz CT molecular complexity index is 320. The topological polar surface area (TPSA) is 57.5 Å². The van der Waals surface area contributed by atoms with Crippen molar-refractivity contribution in [2.24, 2.45) is 0 Å². The van der Waals surface area contributed by atoms with Gasteiger partial charge in [-0.1, -0.05) is 31.2 Å². The number of aliphatic carboxylic acids is 1. The van der Waals surface area contributed by atoms with Gasteiger partial charge in [0.2, 0.25) is 0 Å². The van der Waals surface area contributed by atoms with Gasteiger partial charge in [-0.3, -0.25) is 0 Å². The molecule has 1 atom stereocenters. The van der Waals surface area contributed by atoms with Crippen LogP contribution < -0.4 is 0 Å². The van der Waals surface area contributed by atoms with Crippen LogP contribution in [0.25, 0.3) is 0 Å². The number of hydrogen-bond acceptors (Lipinski definition) is 2. The second kappa shape index (κ2) is 4.77. The highest BCUT2D eigenvalue weighted by molar-refractivity contribution is 5.72. The van der Waals surface area contributed by atoms with Crippen molar-refractivity contribution < 1.29 is 15.0 Å². The zero-order valence-electron chi connectivity index (χ0n) is 8.10. The van der Waals surface area contributed by atoms with E-state index in [-0.39, 0.29) is 6.42 Å². The number of benzene rings is 1. The van der Waals surface area contributed by atoms with Gasteiger partial charge < -0.3 is 10.2 Å². The number of carboxylic acids is 1. The lowest BCUT2D eigenvalue weighted by atomic mass is 10.0. The van der Waals surface area contributed by atoms with Crippen LogP contribution in [-0.2, 0) is 17.6 Å². The van der Waals surface area contributed by atoms with Crippen molar-refractivity contribution in [2.45, 2.75) is 25.9 Å². The SMILES string of the molecule is CCc1cccc(CC(O)C(=O)O)c1. The van der Waals surface area contributed by atoms with Crippen LogP contribution >= 0.6 is 0 Å². The number of aliphatic hydroxyl groups excluding tert-OH is 1. The molecule has 0 heterocycles. The number of rotatable bonds is 4. The summed E-state index contributed by atoms with van der Waals surface area (Å²) in [6, 6.07) is 7.61. The summed E-state index contributed by atoms with van der Waals surface area (Å²) in [6.07, 6.45) is -0.220. The van der Waals surface area contributed by atoms with Crippen molar-refractivity contribution in [3.05, 3.63) is 35.4 Å². The smallest absolute Gasteiger partial charge is 0.332 e. The molecule has 0 aliphatic carbocycles. The molecular weight excluding hydrogens is 180 g/mol. The standard InChI is InChI=1S/C11H14O3/c1-2-8-4-3-5-9(6-8)7-10(12)11(13)14/h3-6,10,12H,2,7H2,1H3,(H,13,14). The van der Waals surface area contributed by atoms with E-state index in [1.54, 1.807) is 0 Å². The summed E-state index contributed by atoms with van der Waals surface area (Å²) in [6.45, 7) is 2.03.